The van der Waals surface area contributed by atoms with Gasteiger partial charge in [-0.2, -0.15) is 26.3 Å². The first-order valence-electron chi connectivity index (χ1n) is 13.8. The highest BCUT2D eigenvalue weighted by Crippen LogP contribution is 2.48. The number of halogens is 7. The number of alkyl halides is 6. The highest BCUT2D eigenvalue weighted by atomic mass is 19.4. The topological polar surface area (TPSA) is 12.5 Å². The van der Waals surface area contributed by atoms with Gasteiger partial charge in [0.1, 0.15) is 5.82 Å². The van der Waals surface area contributed by atoms with E-state index in [1.54, 1.807) is 12.1 Å². The van der Waals surface area contributed by atoms with Crippen LogP contribution in [0.25, 0.3) is 0 Å². The van der Waals surface area contributed by atoms with Crippen molar-refractivity contribution in [2.75, 3.05) is 19.6 Å². The second kappa shape index (κ2) is 11.8. The lowest BCUT2D eigenvalue weighted by Gasteiger charge is -2.41. The number of fused-ring (bicyclic) bond motifs is 1. The van der Waals surface area contributed by atoms with E-state index in [9.17, 15) is 30.7 Å². The minimum atomic E-state index is -4.93. The Morgan fingerprint density at radius 3 is 2.07 bits per heavy atom. The summed E-state index contributed by atoms with van der Waals surface area (Å²) in [5.74, 6) is -0.0336. The predicted octanol–water partition coefficient (Wildman–Crippen LogP) is 8.68. The Balaban J connectivity index is 1.39. The van der Waals surface area contributed by atoms with Crippen LogP contribution < -0.4 is 0 Å². The number of benzene rings is 3. The summed E-state index contributed by atoms with van der Waals surface area (Å²) in [7, 11) is 0. The summed E-state index contributed by atoms with van der Waals surface area (Å²) in [4.78, 5) is 2.41. The lowest BCUT2D eigenvalue weighted by molar-refractivity contribution is -0.143. The van der Waals surface area contributed by atoms with Crippen molar-refractivity contribution >= 4 is 0 Å². The molecule has 5 atom stereocenters. The van der Waals surface area contributed by atoms with Gasteiger partial charge in [0.15, 0.2) is 0 Å². The molecule has 0 bridgehead atoms. The number of nitrogens with zero attached hydrogens (tertiary/aromatic N) is 1. The molecule has 0 radical (unpaired) electrons. The molecule has 3 aromatic rings. The molecule has 220 valence electrons. The number of likely N-dealkylation sites (tertiary alicyclic amines) is 1. The summed E-state index contributed by atoms with van der Waals surface area (Å²) >= 11 is 0. The van der Waals surface area contributed by atoms with Crippen LogP contribution in [0, 0.1) is 17.7 Å². The second-order valence-corrected chi connectivity index (χ2v) is 11.2. The van der Waals surface area contributed by atoms with Gasteiger partial charge in [0.25, 0.3) is 0 Å². The monoisotopic (exact) mass is 579 g/mol. The van der Waals surface area contributed by atoms with E-state index in [2.05, 4.69) is 17.0 Å². The molecule has 1 aliphatic heterocycles. The van der Waals surface area contributed by atoms with E-state index in [0.717, 1.165) is 50.2 Å². The molecule has 3 aromatic carbocycles. The molecule has 0 N–H and O–H groups in total. The maximum Gasteiger partial charge on any atom is 0.416 e. The van der Waals surface area contributed by atoms with Crippen molar-refractivity contribution in [3.63, 3.8) is 0 Å². The molecule has 5 rings (SSSR count). The van der Waals surface area contributed by atoms with Crippen molar-refractivity contribution in [3.8, 4) is 0 Å². The van der Waals surface area contributed by atoms with Crippen LogP contribution in [0.3, 0.4) is 0 Å². The van der Waals surface area contributed by atoms with Gasteiger partial charge in [-0.3, -0.25) is 0 Å². The van der Waals surface area contributed by atoms with Crippen LogP contribution in [-0.4, -0.2) is 30.6 Å². The molecular weight excluding hydrogens is 547 g/mol. The fourth-order valence-corrected chi connectivity index (χ4v) is 6.50. The van der Waals surface area contributed by atoms with E-state index < -0.39 is 35.7 Å². The molecule has 2 fully saturated rings. The van der Waals surface area contributed by atoms with E-state index in [-0.39, 0.29) is 29.3 Å². The Kier molecular flexibility index (Phi) is 8.48. The first-order valence-corrected chi connectivity index (χ1v) is 13.8. The average Bonchev–Trinajstić information content (AvgIpc) is 3.35. The quantitative estimate of drug-likeness (QED) is 0.260. The largest absolute Gasteiger partial charge is 0.416 e. The molecule has 2 nitrogen and oxygen atoms in total. The fourth-order valence-electron chi connectivity index (χ4n) is 6.50. The summed E-state index contributed by atoms with van der Waals surface area (Å²) in [5, 5.41) is 0. The lowest BCUT2D eigenvalue weighted by Crippen LogP contribution is -2.38. The molecule has 1 aliphatic carbocycles. The third kappa shape index (κ3) is 6.95. The Hall–Kier alpha value is -2.91. The van der Waals surface area contributed by atoms with E-state index in [1.807, 2.05) is 18.2 Å². The maximum atomic E-state index is 13.8. The molecule has 1 saturated carbocycles. The zero-order chi connectivity index (χ0) is 29.4. The minimum Gasteiger partial charge on any atom is -0.370 e. The summed E-state index contributed by atoms with van der Waals surface area (Å²) in [6.07, 6.45) is -9.00. The Bertz CT molecular complexity index is 1270. The van der Waals surface area contributed by atoms with Crippen LogP contribution in [0.2, 0.25) is 0 Å². The van der Waals surface area contributed by atoms with E-state index >= 15 is 0 Å². The third-order valence-corrected chi connectivity index (χ3v) is 8.52. The molecule has 9 heteroatoms. The first-order chi connectivity index (χ1) is 19.4. The van der Waals surface area contributed by atoms with Crippen molar-refractivity contribution in [1.29, 1.82) is 0 Å². The highest BCUT2D eigenvalue weighted by Gasteiger charge is 2.46. The summed E-state index contributed by atoms with van der Waals surface area (Å²) in [5.41, 5.74) is -0.791. The second-order valence-electron chi connectivity index (χ2n) is 11.2. The van der Waals surface area contributed by atoms with Gasteiger partial charge in [0, 0.05) is 25.6 Å². The van der Waals surface area contributed by atoms with E-state index in [1.165, 1.54) is 24.6 Å². The Morgan fingerprint density at radius 2 is 1.46 bits per heavy atom. The lowest BCUT2D eigenvalue weighted by atomic mass is 9.69. The van der Waals surface area contributed by atoms with Crippen molar-refractivity contribution in [2.45, 2.75) is 56.7 Å². The van der Waals surface area contributed by atoms with E-state index in [0.29, 0.717) is 12.3 Å². The Labute approximate surface area is 235 Å². The van der Waals surface area contributed by atoms with Gasteiger partial charge in [0.2, 0.25) is 0 Å². The van der Waals surface area contributed by atoms with Gasteiger partial charge in [-0.05, 0) is 85.0 Å². The van der Waals surface area contributed by atoms with Crippen LogP contribution >= 0.6 is 0 Å². The molecule has 0 spiro atoms. The molecule has 0 amide bonds. The minimum absolute atomic E-state index is 0.130. The predicted molar refractivity (Wildman–Crippen MR) is 142 cm³/mol. The molecule has 1 saturated heterocycles. The summed E-state index contributed by atoms with van der Waals surface area (Å²) in [6.45, 7) is 4.05. The standard InChI is InChI=1S/C32H32F7NO/c1-20(24-15-25(31(34,35)36)17-26(16-24)32(37,38)39)41-29-12-9-23-18-40(14-13-21-5-3-2-4-6-21)19-28(23)30(29)22-7-10-27(33)11-8-22/h2-8,10-11,15-17,20,23,28-30H,9,12-14,18-19H2,1H3/t20-,23+,28-,29?,30+/m1/s1. The SMILES string of the molecule is C[C@@H](OC1CC[C@H]2CN(CCc3ccccc3)C[C@H]2[C@@H]1c1ccc(F)cc1)c1cc(C(F)(F)F)cc(C(F)(F)F)c1. The number of rotatable bonds is 7. The molecule has 0 aromatic heterocycles. The van der Waals surface area contributed by atoms with Crippen molar-refractivity contribution in [2.24, 2.45) is 11.8 Å². The third-order valence-electron chi connectivity index (χ3n) is 8.52. The van der Waals surface area contributed by atoms with Crippen LogP contribution in [0.5, 0.6) is 0 Å². The number of ether oxygens (including phenoxy) is 1. The van der Waals surface area contributed by atoms with Crippen molar-refractivity contribution in [3.05, 3.63) is 106 Å². The molecule has 1 unspecified atom stereocenters. The smallest absolute Gasteiger partial charge is 0.370 e. The zero-order valence-electron chi connectivity index (χ0n) is 22.6. The van der Waals surface area contributed by atoms with Crippen LogP contribution in [0.15, 0.2) is 72.8 Å². The van der Waals surface area contributed by atoms with Gasteiger partial charge in [-0.25, -0.2) is 4.39 Å². The van der Waals surface area contributed by atoms with Gasteiger partial charge >= 0.3 is 12.4 Å². The normalized spacial score (nSPS) is 24.3. The maximum absolute atomic E-state index is 13.8. The van der Waals surface area contributed by atoms with Gasteiger partial charge in [-0.1, -0.05) is 42.5 Å². The Morgan fingerprint density at radius 1 is 0.829 bits per heavy atom. The summed E-state index contributed by atoms with van der Waals surface area (Å²) in [6, 6.07) is 18.0. The van der Waals surface area contributed by atoms with Crippen LogP contribution in [-0.2, 0) is 23.5 Å². The molecular formula is C32H32F7NO. The average molecular weight is 580 g/mol. The fraction of sp³-hybridized carbons (Fsp3) is 0.438. The summed E-state index contributed by atoms with van der Waals surface area (Å²) < 4.78 is 101. The van der Waals surface area contributed by atoms with Gasteiger partial charge in [-0.15, -0.1) is 0 Å². The van der Waals surface area contributed by atoms with Gasteiger partial charge in [0.05, 0.1) is 23.3 Å². The number of hydrogen-bond acceptors (Lipinski definition) is 2. The molecule has 41 heavy (non-hydrogen) atoms. The zero-order valence-corrected chi connectivity index (χ0v) is 22.6. The molecule has 1 heterocycles. The van der Waals surface area contributed by atoms with Gasteiger partial charge < -0.3 is 9.64 Å². The highest BCUT2D eigenvalue weighted by molar-refractivity contribution is 5.35. The van der Waals surface area contributed by atoms with E-state index in [4.69, 9.17) is 4.74 Å². The first kappa shape index (κ1) is 29.6. The van der Waals surface area contributed by atoms with Crippen LogP contribution in [0.4, 0.5) is 30.7 Å². The number of hydrogen-bond donors (Lipinski definition) is 0. The van der Waals surface area contributed by atoms with Crippen LogP contribution in [0.1, 0.15) is 59.6 Å². The van der Waals surface area contributed by atoms with Crippen molar-refractivity contribution < 1.29 is 35.5 Å². The van der Waals surface area contributed by atoms with Crippen molar-refractivity contribution in [1.82, 2.24) is 4.90 Å². The molecule has 2 aliphatic rings.